The first-order valence-electron chi connectivity index (χ1n) is 5.39. The van der Waals surface area contributed by atoms with Crippen molar-refractivity contribution in [2.45, 2.75) is 31.3 Å². The molecule has 0 radical (unpaired) electrons. The summed E-state index contributed by atoms with van der Waals surface area (Å²) in [6.45, 7) is 4.39. The Labute approximate surface area is 80.4 Å². The molecule has 0 aromatic heterocycles. The third-order valence-electron chi connectivity index (χ3n) is 3.28. The van der Waals surface area contributed by atoms with Crippen LogP contribution in [0.15, 0.2) is 0 Å². The third-order valence-corrected chi connectivity index (χ3v) is 3.28. The van der Waals surface area contributed by atoms with Crippen molar-refractivity contribution in [3.8, 4) is 0 Å². The highest BCUT2D eigenvalue weighted by molar-refractivity contribution is 4.85. The predicted molar refractivity (Wildman–Crippen MR) is 52.9 cm³/mol. The second kappa shape index (κ2) is 4.40. The van der Waals surface area contributed by atoms with E-state index in [9.17, 15) is 0 Å². The van der Waals surface area contributed by atoms with Crippen LogP contribution in [0.4, 0.5) is 0 Å². The van der Waals surface area contributed by atoms with E-state index < -0.39 is 0 Å². The Morgan fingerprint density at radius 2 is 2.31 bits per heavy atom. The van der Waals surface area contributed by atoms with E-state index in [1.165, 1.54) is 32.4 Å². The summed E-state index contributed by atoms with van der Waals surface area (Å²) < 4.78 is 5.50. The summed E-state index contributed by atoms with van der Waals surface area (Å²) in [5.41, 5.74) is 0. The number of likely N-dealkylation sites (N-methyl/N-ethyl adjacent to an activating group) is 1. The average Bonchev–Trinajstić information content (AvgIpc) is 2.67. The normalized spacial score (nSPS) is 36.7. The quantitative estimate of drug-likeness (QED) is 0.675. The highest BCUT2D eigenvalue weighted by Gasteiger charge is 2.28. The van der Waals surface area contributed by atoms with Gasteiger partial charge in [0, 0.05) is 31.8 Å². The standard InChI is InChI=1S/C10H20N2O/c1-11-9-4-5-12(7-9)10-3-2-6-13-8-10/h9-11H,2-8H2,1H3. The molecule has 2 atom stereocenters. The van der Waals surface area contributed by atoms with Crippen LogP contribution in [0, 0.1) is 0 Å². The molecule has 2 unspecified atom stereocenters. The predicted octanol–water partition coefficient (Wildman–Crippen LogP) is 0.459. The van der Waals surface area contributed by atoms with E-state index >= 15 is 0 Å². The van der Waals surface area contributed by atoms with E-state index in [1.54, 1.807) is 0 Å². The van der Waals surface area contributed by atoms with Gasteiger partial charge >= 0.3 is 0 Å². The van der Waals surface area contributed by atoms with Crippen LogP contribution in [0.3, 0.4) is 0 Å². The second-order valence-electron chi connectivity index (χ2n) is 4.14. The van der Waals surface area contributed by atoms with Crippen LogP contribution in [0.2, 0.25) is 0 Å². The summed E-state index contributed by atoms with van der Waals surface area (Å²) in [6, 6.07) is 1.41. The van der Waals surface area contributed by atoms with E-state index in [0.29, 0.717) is 12.1 Å². The van der Waals surface area contributed by atoms with E-state index in [4.69, 9.17) is 4.74 Å². The van der Waals surface area contributed by atoms with E-state index in [-0.39, 0.29) is 0 Å². The lowest BCUT2D eigenvalue weighted by atomic mass is 10.1. The van der Waals surface area contributed by atoms with Crippen LogP contribution in [-0.4, -0.2) is 50.3 Å². The topological polar surface area (TPSA) is 24.5 Å². The summed E-state index contributed by atoms with van der Waals surface area (Å²) in [6.07, 6.45) is 3.87. The van der Waals surface area contributed by atoms with Gasteiger partial charge in [0.25, 0.3) is 0 Å². The zero-order valence-corrected chi connectivity index (χ0v) is 8.46. The van der Waals surface area contributed by atoms with Gasteiger partial charge in [-0.15, -0.1) is 0 Å². The first-order valence-corrected chi connectivity index (χ1v) is 5.39. The summed E-state index contributed by atoms with van der Waals surface area (Å²) in [5.74, 6) is 0. The molecule has 3 nitrogen and oxygen atoms in total. The van der Waals surface area contributed by atoms with Gasteiger partial charge in [0.2, 0.25) is 0 Å². The van der Waals surface area contributed by atoms with Gasteiger partial charge in [0.1, 0.15) is 0 Å². The molecule has 1 N–H and O–H groups in total. The summed E-state index contributed by atoms with van der Waals surface area (Å²) >= 11 is 0. The Kier molecular flexibility index (Phi) is 3.19. The van der Waals surface area contributed by atoms with Gasteiger partial charge < -0.3 is 10.1 Å². The molecule has 0 aromatic carbocycles. The Morgan fingerprint density at radius 3 is 2.92 bits per heavy atom. The van der Waals surface area contributed by atoms with Crippen molar-refractivity contribution in [3.05, 3.63) is 0 Å². The lowest BCUT2D eigenvalue weighted by Gasteiger charge is -2.30. The molecule has 2 aliphatic rings. The van der Waals surface area contributed by atoms with Crippen LogP contribution >= 0.6 is 0 Å². The Morgan fingerprint density at radius 1 is 1.38 bits per heavy atom. The summed E-state index contributed by atoms with van der Waals surface area (Å²) in [4.78, 5) is 2.58. The van der Waals surface area contributed by atoms with Crippen molar-refractivity contribution in [1.82, 2.24) is 10.2 Å². The first-order chi connectivity index (χ1) is 6.40. The smallest absolute Gasteiger partial charge is 0.0621 e. The van der Waals surface area contributed by atoms with Gasteiger partial charge in [-0.25, -0.2) is 0 Å². The first kappa shape index (κ1) is 9.44. The number of nitrogens with zero attached hydrogens (tertiary/aromatic N) is 1. The van der Waals surface area contributed by atoms with Crippen molar-refractivity contribution in [1.29, 1.82) is 0 Å². The molecule has 2 aliphatic heterocycles. The van der Waals surface area contributed by atoms with E-state index in [2.05, 4.69) is 17.3 Å². The maximum atomic E-state index is 5.50. The minimum Gasteiger partial charge on any atom is -0.380 e. The molecule has 0 aromatic rings. The highest BCUT2D eigenvalue weighted by Crippen LogP contribution is 2.18. The molecule has 2 fully saturated rings. The molecule has 2 saturated heterocycles. The van der Waals surface area contributed by atoms with E-state index in [0.717, 1.165) is 13.2 Å². The zero-order chi connectivity index (χ0) is 9.10. The number of hydrogen-bond acceptors (Lipinski definition) is 3. The zero-order valence-electron chi connectivity index (χ0n) is 8.46. The van der Waals surface area contributed by atoms with Crippen molar-refractivity contribution < 1.29 is 4.74 Å². The summed E-state index contributed by atoms with van der Waals surface area (Å²) in [7, 11) is 2.06. The monoisotopic (exact) mass is 184 g/mol. The number of hydrogen-bond donors (Lipinski definition) is 1. The third kappa shape index (κ3) is 2.22. The van der Waals surface area contributed by atoms with Crippen LogP contribution in [0.1, 0.15) is 19.3 Å². The maximum absolute atomic E-state index is 5.50. The van der Waals surface area contributed by atoms with Crippen molar-refractivity contribution in [2.75, 3.05) is 33.4 Å². The molecule has 0 saturated carbocycles. The SMILES string of the molecule is CNC1CCN(C2CCCOC2)C1. The molecular weight excluding hydrogens is 164 g/mol. The number of rotatable bonds is 2. The van der Waals surface area contributed by atoms with Gasteiger partial charge in [0.15, 0.2) is 0 Å². The van der Waals surface area contributed by atoms with Gasteiger partial charge in [-0.1, -0.05) is 0 Å². The van der Waals surface area contributed by atoms with Gasteiger partial charge in [-0.2, -0.15) is 0 Å². The van der Waals surface area contributed by atoms with Crippen molar-refractivity contribution in [3.63, 3.8) is 0 Å². The van der Waals surface area contributed by atoms with Crippen LogP contribution in [-0.2, 0) is 4.74 Å². The Bertz CT molecular complexity index is 157. The molecule has 13 heavy (non-hydrogen) atoms. The van der Waals surface area contributed by atoms with Crippen LogP contribution < -0.4 is 5.32 Å². The molecule has 0 bridgehead atoms. The fourth-order valence-corrected chi connectivity index (χ4v) is 2.37. The molecule has 3 heteroatoms. The average molecular weight is 184 g/mol. The second-order valence-corrected chi connectivity index (χ2v) is 4.14. The lowest BCUT2D eigenvalue weighted by Crippen LogP contribution is -2.41. The maximum Gasteiger partial charge on any atom is 0.0621 e. The fraction of sp³-hybridized carbons (Fsp3) is 1.00. The molecule has 2 rings (SSSR count). The number of nitrogens with one attached hydrogen (secondary N) is 1. The molecule has 2 heterocycles. The molecule has 0 aliphatic carbocycles. The van der Waals surface area contributed by atoms with Crippen LogP contribution in [0.5, 0.6) is 0 Å². The van der Waals surface area contributed by atoms with Crippen molar-refractivity contribution in [2.24, 2.45) is 0 Å². The Hall–Kier alpha value is -0.120. The number of ether oxygens (including phenoxy) is 1. The van der Waals surface area contributed by atoms with Gasteiger partial charge in [-0.05, 0) is 26.3 Å². The molecule has 76 valence electrons. The van der Waals surface area contributed by atoms with Crippen molar-refractivity contribution >= 4 is 0 Å². The lowest BCUT2D eigenvalue weighted by molar-refractivity contribution is 0.0261. The van der Waals surface area contributed by atoms with Gasteiger partial charge in [0.05, 0.1) is 6.61 Å². The fourth-order valence-electron chi connectivity index (χ4n) is 2.37. The molecule has 0 spiro atoms. The van der Waals surface area contributed by atoms with Gasteiger partial charge in [-0.3, -0.25) is 4.90 Å². The Balaban J connectivity index is 1.80. The minimum atomic E-state index is 0.701. The largest absolute Gasteiger partial charge is 0.380 e. The highest BCUT2D eigenvalue weighted by atomic mass is 16.5. The molecular formula is C10H20N2O. The van der Waals surface area contributed by atoms with Crippen LogP contribution in [0.25, 0.3) is 0 Å². The summed E-state index contributed by atoms with van der Waals surface area (Å²) in [5, 5.41) is 3.35. The van der Waals surface area contributed by atoms with E-state index in [1.807, 2.05) is 0 Å². The minimum absolute atomic E-state index is 0.701. The number of likely N-dealkylation sites (tertiary alicyclic amines) is 1. The molecule has 0 amide bonds.